The van der Waals surface area contributed by atoms with E-state index in [1.807, 2.05) is 12.1 Å². The molecule has 1 amide bonds. The highest BCUT2D eigenvalue weighted by molar-refractivity contribution is 7.91. The van der Waals surface area contributed by atoms with Gasteiger partial charge in [0.2, 0.25) is 10.0 Å². The van der Waals surface area contributed by atoms with E-state index < -0.39 is 19.9 Å². The smallest absolute Gasteiger partial charge is 0.251 e. The Labute approximate surface area is 185 Å². The third kappa shape index (κ3) is 7.45. The molecule has 0 saturated heterocycles. The lowest BCUT2D eigenvalue weighted by Gasteiger charge is -2.19. The van der Waals surface area contributed by atoms with Crippen molar-refractivity contribution in [3.63, 3.8) is 0 Å². The van der Waals surface area contributed by atoms with Gasteiger partial charge in [-0.05, 0) is 40.8 Å². The molecule has 0 spiro atoms. The second kappa shape index (κ2) is 9.93. The van der Waals surface area contributed by atoms with Gasteiger partial charge in [0.15, 0.2) is 9.84 Å². The standard InChI is InChI=1S/C22H30N2O5S2/c1-5-30(26,27)15-14-23-21(25)18-8-6-17(7-9-18)16-24-31(28,29)20-12-10-19(11-13-20)22(2,3)4/h6-13,24H,5,14-16H2,1-4H3,(H,23,25). The normalized spacial score (nSPS) is 12.5. The summed E-state index contributed by atoms with van der Waals surface area (Å²) in [5, 5.41) is 2.57. The maximum absolute atomic E-state index is 12.5. The fourth-order valence-electron chi connectivity index (χ4n) is 2.74. The number of nitrogens with one attached hydrogen (secondary N) is 2. The number of amides is 1. The Balaban J connectivity index is 1.94. The summed E-state index contributed by atoms with van der Waals surface area (Å²) < 4.78 is 50.6. The third-order valence-electron chi connectivity index (χ3n) is 4.85. The molecule has 0 heterocycles. The number of carbonyl (C=O) groups excluding carboxylic acids is 1. The first-order valence-corrected chi connectivity index (χ1v) is 13.3. The van der Waals surface area contributed by atoms with Crippen molar-refractivity contribution >= 4 is 25.8 Å². The molecule has 0 aliphatic heterocycles. The minimum absolute atomic E-state index is 0.0359. The Morgan fingerprint density at radius 3 is 2.00 bits per heavy atom. The summed E-state index contributed by atoms with van der Waals surface area (Å²) in [6.07, 6.45) is 0. The predicted molar refractivity (Wildman–Crippen MR) is 122 cm³/mol. The van der Waals surface area contributed by atoms with Crippen LogP contribution in [0.3, 0.4) is 0 Å². The van der Waals surface area contributed by atoms with Crippen LogP contribution in [0.2, 0.25) is 0 Å². The minimum Gasteiger partial charge on any atom is -0.351 e. The van der Waals surface area contributed by atoms with E-state index in [9.17, 15) is 21.6 Å². The molecule has 9 heteroatoms. The van der Waals surface area contributed by atoms with E-state index in [-0.39, 0.29) is 40.8 Å². The van der Waals surface area contributed by atoms with E-state index in [1.165, 1.54) is 0 Å². The lowest BCUT2D eigenvalue weighted by molar-refractivity contribution is 0.0956. The number of sulfone groups is 1. The number of rotatable bonds is 9. The molecular formula is C22H30N2O5S2. The summed E-state index contributed by atoms with van der Waals surface area (Å²) in [4.78, 5) is 12.3. The molecule has 0 fully saturated rings. The molecule has 2 aromatic carbocycles. The largest absolute Gasteiger partial charge is 0.351 e. The molecule has 2 rings (SSSR count). The van der Waals surface area contributed by atoms with Crippen LogP contribution >= 0.6 is 0 Å². The van der Waals surface area contributed by atoms with E-state index in [1.54, 1.807) is 43.3 Å². The molecule has 0 radical (unpaired) electrons. The van der Waals surface area contributed by atoms with Crippen molar-refractivity contribution < 1.29 is 21.6 Å². The summed E-state index contributed by atoms with van der Waals surface area (Å²) in [5.41, 5.74) is 2.06. The second-order valence-electron chi connectivity index (χ2n) is 8.29. The fourth-order valence-corrected chi connectivity index (χ4v) is 4.46. The molecule has 0 aliphatic carbocycles. The Kier molecular flexibility index (Phi) is 8.02. The first-order valence-electron chi connectivity index (χ1n) is 10.0. The zero-order valence-electron chi connectivity index (χ0n) is 18.3. The maximum Gasteiger partial charge on any atom is 0.251 e. The van der Waals surface area contributed by atoms with Crippen molar-refractivity contribution in [2.75, 3.05) is 18.1 Å². The van der Waals surface area contributed by atoms with Gasteiger partial charge in [-0.1, -0.05) is 52.0 Å². The molecule has 31 heavy (non-hydrogen) atoms. The first-order chi connectivity index (χ1) is 14.3. The highest BCUT2D eigenvalue weighted by Crippen LogP contribution is 2.23. The van der Waals surface area contributed by atoms with Crippen LogP contribution in [-0.4, -0.2) is 40.8 Å². The van der Waals surface area contributed by atoms with Gasteiger partial charge in [0, 0.05) is 24.4 Å². The van der Waals surface area contributed by atoms with E-state index in [4.69, 9.17) is 0 Å². The monoisotopic (exact) mass is 466 g/mol. The number of hydrogen-bond donors (Lipinski definition) is 2. The van der Waals surface area contributed by atoms with Crippen molar-refractivity contribution in [1.82, 2.24) is 10.0 Å². The van der Waals surface area contributed by atoms with Crippen molar-refractivity contribution in [2.45, 2.75) is 44.6 Å². The first kappa shape index (κ1) is 25.0. The van der Waals surface area contributed by atoms with Gasteiger partial charge in [0.05, 0.1) is 10.6 Å². The summed E-state index contributed by atoms with van der Waals surface area (Å²) in [5.74, 6) is -0.447. The predicted octanol–water partition coefficient (Wildman–Crippen LogP) is 2.63. The molecule has 2 N–H and O–H groups in total. The molecule has 170 valence electrons. The maximum atomic E-state index is 12.5. The molecule has 0 unspecified atom stereocenters. The molecule has 0 atom stereocenters. The number of sulfonamides is 1. The number of carbonyl (C=O) groups is 1. The van der Waals surface area contributed by atoms with Crippen LogP contribution in [0, 0.1) is 0 Å². The van der Waals surface area contributed by atoms with Gasteiger partial charge in [-0.3, -0.25) is 4.79 Å². The Hall–Kier alpha value is -2.23. The molecular weight excluding hydrogens is 436 g/mol. The lowest BCUT2D eigenvalue weighted by Crippen LogP contribution is -2.29. The van der Waals surface area contributed by atoms with Gasteiger partial charge < -0.3 is 5.32 Å². The summed E-state index contributed by atoms with van der Waals surface area (Å²) in [6.45, 7) is 7.87. The van der Waals surface area contributed by atoms with E-state index >= 15 is 0 Å². The van der Waals surface area contributed by atoms with Crippen LogP contribution in [0.15, 0.2) is 53.4 Å². The molecule has 0 bridgehead atoms. The van der Waals surface area contributed by atoms with Crippen molar-refractivity contribution in [3.8, 4) is 0 Å². The van der Waals surface area contributed by atoms with Gasteiger partial charge in [0.25, 0.3) is 5.91 Å². The van der Waals surface area contributed by atoms with Crippen LogP contribution in [0.4, 0.5) is 0 Å². The zero-order valence-corrected chi connectivity index (χ0v) is 19.9. The molecule has 0 aliphatic rings. The van der Waals surface area contributed by atoms with Crippen LogP contribution in [-0.2, 0) is 31.8 Å². The lowest BCUT2D eigenvalue weighted by atomic mass is 9.87. The van der Waals surface area contributed by atoms with Crippen molar-refractivity contribution in [3.05, 3.63) is 65.2 Å². The number of hydrogen-bond acceptors (Lipinski definition) is 5. The van der Waals surface area contributed by atoms with Gasteiger partial charge in [-0.2, -0.15) is 0 Å². The van der Waals surface area contributed by atoms with Crippen LogP contribution in [0.25, 0.3) is 0 Å². The van der Waals surface area contributed by atoms with Gasteiger partial charge in [-0.25, -0.2) is 21.6 Å². The highest BCUT2D eigenvalue weighted by Gasteiger charge is 2.17. The minimum atomic E-state index is -3.66. The Morgan fingerprint density at radius 2 is 1.48 bits per heavy atom. The van der Waals surface area contributed by atoms with Crippen LogP contribution in [0.1, 0.15) is 49.2 Å². The molecule has 0 saturated carbocycles. The van der Waals surface area contributed by atoms with Crippen LogP contribution in [0.5, 0.6) is 0 Å². The summed E-state index contributed by atoms with van der Waals surface area (Å²) in [6, 6.07) is 13.3. The van der Waals surface area contributed by atoms with E-state index in [0.717, 1.165) is 5.56 Å². The Morgan fingerprint density at radius 1 is 0.903 bits per heavy atom. The average Bonchev–Trinajstić information content (AvgIpc) is 2.72. The van der Waals surface area contributed by atoms with Gasteiger partial charge in [-0.15, -0.1) is 0 Å². The molecule has 0 aromatic heterocycles. The quantitative estimate of drug-likeness (QED) is 0.590. The van der Waals surface area contributed by atoms with Gasteiger partial charge >= 0.3 is 0 Å². The third-order valence-corrected chi connectivity index (χ3v) is 7.97. The zero-order chi connectivity index (χ0) is 23.3. The highest BCUT2D eigenvalue weighted by atomic mass is 32.2. The van der Waals surface area contributed by atoms with E-state index in [0.29, 0.717) is 11.1 Å². The SMILES string of the molecule is CCS(=O)(=O)CCNC(=O)c1ccc(CNS(=O)(=O)c2ccc(C(C)(C)C)cc2)cc1. The summed E-state index contributed by atoms with van der Waals surface area (Å²) in [7, 11) is -6.80. The second-order valence-corrected chi connectivity index (χ2v) is 12.5. The van der Waals surface area contributed by atoms with E-state index in [2.05, 4.69) is 30.8 Å². The fraction of sp³-hybridized carbons (Fsp3) is 0.409. The summed E-state index contributed by atoms with van der Waals surface area (Å²) >= 11 is 0. The molecule has 2 aromatic rings. The topological polar surface area (TPSA) is 109 Å². The number of benzene rings is 2. The van der Waals surface area contributed by atoms with Crippen LogP contribution < -0.4 is 10.0 Å². The molecule has 7 nitrogen and oxygen atoms in total. The van der Waals surface area contributed by atoms with Gasteiger partial charge in [0.1, 0.15) is 0 Å². The Bertz CT molecular complexity index is 1100. The van der Waals surface area contributed by atoms with Crippen molar-refractivity contribution in [1.29, 1.82) is 0 Å². The van der Waals surface area contributed by atoms with Crippen molar-refractivity contribution in [2.24, 2.45) is 0 Å². The average molecular weight is 467 g/mol.